The summed E-state index contributed by atoms with van der Waals surface area (Å²) in [5.74, 6) is 0.440. The number of carbonyl (C=O) groups is 1. The molecule has 2 aromatic rings. The van der Waals surface area contributed by atoms with Gasteiger partial charge in [-0.15, -0.1) is 0 Å². The van der Waals surface area contributed by atoms with E-state index in [1.165, 1.54) is 4.57 Å². The largest absolute Gasteiger partial charge is 0.376 e. The van der Waals surface area contributed by atoms with Crippen LogP contribution < -0.4 is 10.9 Å². The zero-order valence-electron chi connectivity index (χ0n) is 13.2. The van der Waals surface area contributed by atoms with E-state index < -0.39 is 0 Å². The number of nitrogens with one attached hydrogen (secondary N) is 1. The maximum absolute atomic E-state index is 12.6. The van der Waals surface area contributed by atoms with Crippen molar-refractivity contribution in [3.63, 3.8) is 0 Å². The van der Waals surface area contributed by atoms with Crippen LogP contribution in [-0.2, 0) is 22.5 Å². The van der Waals surface area contributed by atoms with Gasteiger partial charge < -0.3 is 10.1 Å². The van der Waals surface area contributed by atoms with Crippen LogP contribution in [0.5, 0.6) is 0 Å². The van der Waals surface area contributed by atoms with Gasteiger partial charge in [0.15, 0.2) is 0 Å². The first-order chi connectivity index (χ1) is 11.2. The number of ether oxygens (including phenoxy) is 1. The Morgan fingerprint density at radius 2 is 2.26 bits per heavy atom. The van der Waals surface area contributed by atoms with E-state index in [1.54, 1.807) is 12.1 Å². The maximum atomic E-state index is 12.6. The number of fused-ring (bicyclic) bond motifs is 1. The molecule has 0 bridgehead atoms. The molecule has 1 amide bonds. The monoisotopic (exact) mass is 315 g/mol. The van der Waals surface area contributed by atoms with Gasteiger partial charge in [0.05, 0.1) is 17.0 Å². The molecule has 1 atom stereocenters. The molecule has 3 rings (SSSR count). The van der Waals surface area contributed by atoms with Crippen LogP contribution in [0.4, 0.5) is 0 Å². The minimum Gasteiger partial charge on any atom is -0.376 e. The Hall–Kier alpha value is -2.21. The molecule has 23 heavy (non-hydrogen) atoms. The second kappa shape index (κ2) is 6.91. The summed E-state index contributed by atoms with van der Waals surface area (Å²) in [6, 6.07) is 7.22. The minimum atomic E-state index is -0.186. The van der Waals surface area contributed by atoms with Gasteiger partial charge in [-0.05, 0) is 25.0 Å². The Bertz CT molecular complexity index is 763. The molecular formula is C17H21N3O3. The first-order valence-corrected chi connectivity index (χ1v) is 8.05. The lowest BCUT2D eigenvalue weighted by Crippen LogP contribution is -2.37. The molecule has 0 radical (unpaired) electrons. The van der Waals surface area contributed by atoms with Gasteiger partial charge >= 0.3 is 0 Å². The number of hydrogen-bond donors (Lipinski definition) is 1. The van der Waals surface area contributed by atoms with E-state index in [2.05, 4.69) is 10.3 Å². The molecule has 0 unspecified atom stereocenters. The number of aryl methyl sites for hydroxylation is 1. The maximum Gasteiger partial charge on any atom is 0.261 e. The fourth-order valence-corrected chi connectivity index (χ4v) is 2.88. The lowest BCUT2D eigenvalue weighted by Gasteiger charge is -2.14. The van der Waals surface area contributed by atoms with Gasteiger partial charge in [-0.3, -0.25) is 14.2 Å². The molecule has 1 N–H and O–H groups in total. The third kappa shape index (κ3) is 3.42. The predicted molar refractivity (Wildman–Crippen MR) is 87.4 cm³/mol. The van der Waals surface area contributed by atoms with Gasteiger partial charge in [0, 0.05) is 19.6 Å². The molecule has 1 aromatic heterocycles. The summed E-state index contributed by atoms with van der Waals surface area (Å²) in [4.78, 5) is 29.3. The molecule has 1 saturated heterocycles. The molecule has 0 aliphatic carbocycles. The number of benzene rings is 1. The van der Waals surface area contributed by atoms with E-state index in [4.69, 9.17) is 4.74 Å². The van der Waals surface area contributed by atoms with Crippen molar-refractivity contribution in [2.45, 2.75) is 38.8 Å². The Balaban J connectivity index is 1.79. The van der Waals surface area contributed by atoms with Crippen LogP contribution in [0.1, 0.15) is 25.6 Å². The third-order valence-corrected chi connectivity index (χ3v) is 4.11. The van der Waals surface area contributed by atoms with Crippen LogP contribution in [0.3, 0.4) is 0 Å². The summed E-state index contributed by atoms with van der Waals surface area (Å²) < 4.78 is 6.95. The molecular weight excluding hydrogens is 294 g/mol. The molecule has 2 heterocycles. The lowest BCUT2D eigenvalue weighted by atomic mass is 10.2. The highest BCUT2D eigenvalue weighted by atomic mass is 16.5. The van der Waals surface area contributed by atoms with E-state index in [0.717, 1.165) is 19.4 Å². The van der Waals surface area contributed by atoms with Crippen molar-refractivity contribution in [3.8, 4) is 0 Å². The average molecular weight is 315 g/mol. The Morgan fingerprint density at radius 3 is 3.00 bits per heavy atom. The zero-order chi connectivity index (χ0) is 16.2. The van der Waals surface area contributed by atoms with Crippen molar-refractivity contribution in [1.82, 2.24) is 14.9 Å². The van der Waals surface area contributed by atoms with Crippen LogP contribution in [0.25, 0.3) is 10.9 Å². The normalized spacial score (nSPS) is 17.5. The number of aromatic nitrogens is 2. The predicted octanol–water partition coefficient (Wildman–Crippen LogP) is 1.25. The first-order valence-electron chi connectivity index (χ1n) is 8.05. The van der Waals surface area contributed by atoms with E-state index in [1.807, 2.05) is 19.1 Å². The molecule has 1 aliphatic rings. The molecule has 1 fully saturated rings. The fourth-order valence-electron chi connectivity index (χ4n) is 2.88. The summed E-state index contributed by atoms with van der Waals surface area (Å²) >= 11 is 0. The van der Waals surface area contributed by atoms with Gasteiger partial charge in [0.25, 0.3) is 5.56 Å². The second-order valence-corrected chi connectivity index (χ2v) is 5.73. The summed E-state index contributed by atoms with van der Waals surface area (Å²) in [6.45, 7) is 3.18. The fraction of sp³-hybridized carbons (Fsp3) is 0.471. The number of para-hydroxylation sites is 1. The third-order valence-electron chi connectivity index (χ3n) is 4.11. The van der Waals surface area contributed by atoms with E-state index in [9.17, 15) is 9.59 Å². The van der Waals surface area contributed by atoms with Crippen molar-refractivity contribution in [1.29, 1.82) is 0 Å². The summed E-state index contributed by atoms with van der Waals surface area (Å²) in [7, 11) is 0. The van der Waals surface area contributed by atoms with Crippen LogP contribution in [0.2, 0.25) is 0 Å². The second-order valence-electron chi connectivity index (χ2n) is 5.73. The van der Waals surface area contributed by atoms with Gasteiger partial charge in [-0.2, -0.15) is 0 Å². The number of rotatable bonds is 5. The summed E-state index contributed by atoms with van der Waals surface area (Å²) in [5.41, 5.74) is 0.505. The lowest BCUT2D eigenvalue weighted by molar-refractivity contribution is -0.122. The van der Waals surface area contributed by atoms with Gasteiger partial charge in [-0.25, -0.2) is 4.98 Å². The van der Waals surface area contributed by atoms with Crippen molar-refractivity contribution >= 4 is 16.8 Å². The van der Waals surface area contributed by atoms with Crippen LogP contribution in [-0.4, -0.2) is 34.7 Å². The van der Waals surface area contributed by atoms with Crippen LogP contribution in [0.15, 0.2) is 29.1 Å². The van der Waals surface area contributed by atoms with Crippen LogP contribution >= 0.6 is 0 Å². The quantitative estimate of drug-likeness (QED) is 0.901. The van der Waals surface area contributed by atoms with Crippen molar-refractivity contribution < 1.29 is 9.53 Å². The highest BCUT2D eigenvalue weighted by Gasteiger charge is 2.17. The Labute approximate surface area is 134 Å². The van der Waals surface area contributed by atoms with Crippen molar-refractivity contribution in [3.05, 3.63) is 40.4 Å². The molecule has 1 aromatic carbocycles. The van der Waals surface area contributed by atoms with Crippen molar-refractivity contribution in [2.24, 2.45) is 0 Å². The van der Waals surface area contributed by atoms with Gasteiger partial charge in [0.1, 0.15) is 12.4 Å². The molecule has 1 aliphatic heterocycles. The number of hydrogen-bond acceptors (Lipinski definition) is 4. The van der Waals surface area contributed by atoms with E-state index in [0.29, 0.717) is 29.7 Å². The highest BCUT2D eigenvalue weighted by molar-refractivity contribution is 5.79. The highest BCUT2D eigenvalue weighted by Crippen LogP contribution is 2.11. The van der Waals surface area contributed by atoms with Gasteiger partial charge in [-0.1, -0.05) is 19.1 Å². The zero-order valence-corrected chi connectivity index (χ0v) is 13.2. The van der Waals surface area contributed by atoms with Gasteiger partial charge in [0.2, 0.25) is 5.91 Å². The summed E-state index contributed by atoms with van der Waals surface area (Å²) in [6.07, 6.45) is 2.70. The molecule has 6 nitrogen and oxygen atoms in total. The van der Waals surface area contributed by atoms with Crippen LogP contribution in [0, 0.1) is 0 Å². The first kappa shape index (κ1) is 15.7. The average Bonchev–Trinajstić information content (AvgIpc) is 3.09. The molecule has 122 valence electrons. The Morgan fingerprint density at radius 1 is 1.43 bits per heavy atom. The Kier molecular flexibility index (Phi) is 4.71. The topological polar surface area (TPSA) is 73.2 Å². The summed E-state index contributed by atoms with van der Waals surface area (Å²) in [5, 5.41) is 3.39. The molecule has 6 heteroatoms. The molecule has 0 spiro atoms. The minimum absolute atomic E-state index is 0.00738. The van der Waals surface area contributed by atoms with E-state index in [-0.39, 0.29) is 24.1 Å². The number of amides is 1. The van der Waals surface area contributed by atoms with E-state index >= 15 is 0 Å². The smallest absolute Gasteiger partial charge is 0.261 e. The van der Waals surface area contributed by atoms with Crippen molar-refractivity contribution in [2.75, 3.05) is 13.2 Å². The number of nitrogens with zero attached hydrogens (tertiary/aromatic N) is 2. The molecule has 0 saturated carbocycles. The number of carbonyl (C=O) groups excluding carboxylic acids is 1. The SMILES string of the molecule is CCc1nc2ccccc2c(=O)n1CC(=O)NC[C@@H]1CCCO1. The standard InChI is InChI=1S/C17H21N3O3/c1-2-15-19-14-8-4-3-7-13(14)17(22)20(15)11-16(21)18-10-12-6-5-9-23-12/h3-4,7-8,12H,2,5-6,9-11H2,1H3,(H,18,21)/t12-/m0/s1.